The van der Waals surface area contributed by atoms with Crippen LogP contribution in [0.2, 0.25) is 0 Å². The molecule has 0 atom stereocenters. The Bertz CT molecular complexity index is 1110. The van der Waals surface area contributed by atoms with Crippen molar-refractivity contribution in [2.45, 2.75) is 12.8 Å². The molecule has 0 fully saturated rings. The minimum atomic E-state index is -0.439. The number of hydrogen-bond acceptors (Lipinski definition) is 7. The number of nitrogens with one attached hydrogen (secondary N) is 2. The molecule has 3 heterocycles. The molecule has 0 aliphatic heterocycles. The van der Waals surface area contributed by atoms with Gasteiger partial charge in [-0.1, -0.05) is 0 Å². The van der Waals surface area contributed by atoms with E-state index in [9.17, 15) is 4.79 Å². The van der Waals surface area contributed by atoms with E-state index in [1.807, 2.05) is 18.2 Å². The highest BCUT2D eigenvalue weighted by Crippen LogP contribution is 2.25. The Morgan fingerprint density at radius 2 is 1.90 bits per heavy atom. The molecular weight excluding hydrogens is 388 g/mol. The summed E-state index contributed by atoms with van der Waals surface area (Å²) in [6.07, 6.45) is 4.14. The van der Waals surface area contributed by atoms with Gasteiger partial charge in [-0.2, -0.15) is 5.10 Å². The summed E-state index contributed by atoms with van der Waals surface area (Å²) in [7, 11) is 3.24. The van der Waals surface area contributed by atoms with Gasteiger partial charge < -0.3 is 23.6 Å². The Morgan fingerprint density at radius 1 is 1.10 bits per heavy atom. The summed E-state index contributed by atoms with van der Waals surface area (Å²) in [6.45, 7) is 0. The van der Waals surface area contributed by atoms with E-state index in [-0.39, 0.29) is 11.5 Å². The molecule has 30 heavy (non-hydrogen) atoms. The molecule has 0 saturated heterocycles. The van der Waals surface area contributed by atoms with Crippen LogP contribution in [0.25, 0.3) is 11.5 Å². The third-order valence-electron chi connectivity index (χ3n) is 4.49. The van der Waals surface area contributed by atoms with Gasteiger partial charge in [0.05, 0.1) is 20.5 Å². The summed E-state index contributed by atoms with van der Waals surface area (Å²) in [5.74, 6) is 2.12. The number of ether oxygens (including phenoxy) is 2. The molecule has 0 aliphatic carbocycles. The lowest BCUT2D eigenvalue weighted by atomic mass is 10.1. The number of hydrogen-bond donors (Lipinski definition) is 2. The van der Waals surface area contributed by atoms with Crippen molar-refractivity contribution in [2.75, 3.05) is 19.5 Å². The van der Waals surface area contributed by atoms with E-state index in [1.165, 1.54) is 12.7 Å². The first kappa shape index (κ1) is 19.3. The highest BCUT2D eigenvalue weighted by molar-refractivity contribution is 6.05. The second-order valence-electron chi connectivity index (χ2n) is 6.46. The third kappa shape index (κ3) is 4.19. The molecule has 9 nitrogen and oxygen atoms in total. The van der Waals surface area contributed by atoms with Crippen LogP contribution < -0.4 is 14.8 Å². The Kier molecular flexibility index (Phi) is 5.51. The molecule has 1 amide bonds. The molecule has 0 saturated carbocycles. The fourth-order valence-corrected chi connectivity index (χ4v) is 3.01. The molecule has 4 aromatic rings. The Balaban J connectivity index is 1.40. The van der Waals surface area contributed by atoms with Crippen LogP contribution in [-0.4, -0.2) is 35.3 Å². The highest BCUT2D eigenvalue weighted by atomic mass is 16.5. The maximum absolute atomic E-state index is 12.6. The van der Waals surface area contributed by atoms with E-state index >= 15 is 0 Å². The number of benzene rings is 1. The lowest BCUT2D eigenvalue weighted by Crippen LogP contribution is -2.13. The number of aromatic nitrogens is 3. The average Bonchev–Trinajstić information content (AvgIpc) is 3.53. The zero-order valence-electron chi connectivity index (χ0n) is 16.5. The lowest BCUT2D eigenvalue weighted by molar-refractivity contribution is 0.102. The summed E-state index contributed by atoms with van der Waals surface area (Å²) < 4.78 is 21.2. The summed E-state index contributed by atoms with van der Waals surface area (Å²) >= 11 is 0. The number of carbonyl (C=O) groups is 1. The van der Waals surface area contributed by atoms with Crippen molar-refractivity contribution < 1.29 is 23.1 Å². The molecule has 1 aromatic carbocycles. The highest BCUT2D eigenvalue weighted by Gasteiger charge is 2.21. The van der Waals surface area contributed by atoms with E-state index in [0.29, 0.717) is 18.0 Å². The number of carbonyl (C=O) groups excluding carboxylic acids is 1. The van der Waals surface area contributed by atoms with E-state index in [4.69, 9.17) is 18.3 Å². The van der Waals surface area contributed by atoms with Gasteiger partial charge in [0.15, 0.2) is 23.7 Å². The van der Waals surface area contributed by atoms with Gasteiger partial charge in [0.1, 0.15) is 11.5 Å². The van der Waals surface area contributed by atoms with Crippen molar-refractivity contribution in [2.24, 2.45) is 0 Å². The lowest BCUT2D eigenvalue weighted by Gasteiger charge is -2.07. The number of oxazole rings is 1. The van der Waals surface area contributed by atoms with Crippen molar-refractivity contribution in [1.29, 1.82) is 0 Å². The fraction of sp³-hybridized carbons (Fsp3) is 0.190. The zero-order chi connectivity index (χ0) is 20.9. The van der Waals surface area contributed by atoms with Crippen LogP contribution in [0, 0.1) is 0 Å². The van der Waals surface area contributed by atoms with Gasteiger partial charge >= 0.3 is 0 Å². The number of aromatic amines is 1. The molecule has 0 bridgehead atoms. The number of amides is 1. The number of rotatable bonds is 8. The van der Waals surface area contributed by atoms with Crippen molar-refractivity contribution in [1.82, 2.24) is 15.2 Å². The molecule has 0 spiro atoms. The number of nitrogens with zero attached hydrogens (tertiary/aromatic N) is 2. The fourth-order valence-electron chi connectivity index (χ4n) is 3.01. The average molecular weight is 408 g/mol. The van der Waals surface area contributed by atoms with Crippen LogP contribution in [0.1, 0.15) is 21.7 Å². The Hall–Kier alpha value is -4.01. The van der Waals surface area contributed by atoms with Crippen molar-refractivity contribution in [3.8, 4) is 23.0 Å². The number of methoxy groups -OCH3 is 2. The molecule has 154 valence electrons. The van der Waals surface area contributed by atoms with Gasteiger partial charge in [-0.15, -0.1) is 0 Å². The van der Waals surface area contributed by atoms with E-state index in [1.54, 1.807) is 32.4 Å². The van der Waals surface area contributed by atoms with Crippen LogP contribution in [0.3, 0.4) is 0 Å². The van der Waals surface area contributed by atoms with Gasteiger partial charge in [-0.3, -0.25) is 9.89 Å². The van der Waals surface area contributed by atoms with Gasteiger partial charge in [-0.25, -0.2) is 4.98 Å². The largest absolute Gasteiger partial charge is 0.497 e. The van der Waals surface area contributed by atoms with E-state index in [0.717, 1.165) is 29.2 Å². The first-order valence-electron chi connectivity index (χ1n) is 9.21. The first-order chi connectivity index (χ1) is 14.7. The minimum Gasteiger partial charge on any atom is -0.497 e. The number of H-pyrrole nitrogens is 1. The quantitative estimate of drug-likeness (QED) is 0.456. The molecule has 3 aromatic heterocycles. The third-order valence-corrected chi connectivity index (χ3v) is 4.49. The summed E-state index contributed by atoms with van der Waals surface area (Å²) in [6, 6.07) is 10.9. The Morgan fingerprint density at radius 3 is 2.60 bits per heavy atom. The van der Waals surface area contributed by atoms with Gasteiger partial charge in [0.25, 0.3) is 5.91 Å². The normalized spacial score (nSPS) is 10.7. The predicted octanol–water partition coefficient (Wildman–Crippen LogP) is 3.71. The van der Waals surface area contributed by atoms with Crippen molar-refractivity contribution in [3.05, 3.63) is 66.0 Å². The Labute approximate surface area is 172 Å². The zero-order valence-corrected chi connectivity index (χ0v) is 16.5. The summed E-state index contributed by atoms with van der Waals surface area (Å²) in [4.78, 5) is 16.5. The van der Waals surface area contributed by atoms with Crippen LogP contribution >= 0.6 is 0 Å². The SMILES string of the molecule is COc1cc(CCc2cc(NC(=O)c3ncoc3-c3ccco3)n[nH]2)cc(OC)c1. The first-order valence-corrected chi connectivity index (χ1v) is 9.21. The van der Waals surface area contributed by atoms with Gasteiger partial charge in [0.2, 0.25) is 5.76 Å². The molecule has 4 rings (SSSR count). The van der Waals surface area contributed by atoms with Crippen LogP contribution in [0.4, 0.5) is 5.82 Å². The monoisotopic (exact) mass is 408 g/mol. The van der Waals surface area contributed by atoms with Crippen LogP contribution in [-0.2, 0) is 12.8 Å². The smallest absolute Gasteiger partial charge is 0.279 e. The number of furan rings is 1. The predicted molar refractivity (Wildman–Crippen MR) is 108 cm³/mol. The molecule has 0 aliphatic rings. The standard InChI is InChI=1S/C21H20N4O5/c1-27-15-8-13(9-16(11-15)28-2)5-6-14-10-18(25-24-14)23-21(26)19-20(30-12-22-19)17-4-3-7-29-17/h3-4,7-12H,5-6H2,1-2H3,(H2,23,24,25,26). The van der Waals surface area contributed by atoms with Crippen LogP contribution in [0.5, 0.6) is 11.5 Å². The van der Waals surface area contributed by atoms with Crippen molar-refractivity contribution in [3.63, 3.8) is 0 Å². The molecule has 2 N–H and O–H groups in total. The topological polar surface area (TPSA) is 115 Å². The molecule has 9 heteroatoms. The number of aryl methyl sites for hydroxylation is 2. The van der Waals surface area contributed by atoms with Gasteiger partial charge in [0, 0.05) is 17.8 Å². The minimum absolute atomic E-state index is 0.123. The maximum atomic E-state index is 12.6. The number of anilines is 1. The summed E-state index contributed by atoms with van der Waals surface area (Å²) in [5.41, 5.74) is 2.06. The second-order valence-corrected chi connectivity index (χ2v) is 6.46. The van der Waals surface area contributed by atoms with E-state index in [2.05, 4.69) is 20.5 Å². The van der Waals surface area contributed by atoms with Crippen LogP contribution in [0.15, 0.2) is 57.9 Å². The van der Waals surface area contributed by atoms with Crippen molar-refractivity contribution >= 4 is 11.7 Å². The maximum Gasteiger partial charge on any atom is 0.279 e. The second kappa shape index (κ2) is 8.56. The molecule has 0 unspecified atom stereocenters. The van der Waals surface area contributed by atoms with E-state index < -0.39 is 5.91 Å². The molecular formula is C21H20N4O5. The summed E-state index contributed by atoms with van der Waals surface area (Å²) in [5, 5.41) is 9.80. The molecule has 0 radical (unpaired) electrons. The van der Waals surface area contributed by atoms with Gasteiger partial charge in [-0.05, 0) is 42.7 Å².